The SMILES string of the molecule is COc1cc(O)c(C2C(=O)N(Cc3ccccc3-c3ccccc3)c3ccccc32)cc1C. The molecule has 4 nitrogen and oxygen atoms in total. The summed E-state index contributed by atoms with van der Waals surface area (Å²) in [5, 5.41) is 10.8. The van der Waals surface area contributed by atoms with Gasteiger partial charge in [-0.25, -0.2) is 0 Å². The molecule has 0 aliphatic carbocycles. The highest BCUT2D eigenvalue weighted by Gasteiger charge is 2.39. The highest BCUT2D eigenvalue weighted by atomic mass is 16.5. The molecule has 4 aromatic carbocycles. The first kappa shape index (κ1) is 20.8. The monoisotopic (exact) mass is 435 g/mol. The van der Waals surface area contributed by atoms with Gasteiger partial charge in [-0.1, -0.05) is 72.8 Å². The van der Waals surface area contributed by atoms with Crippen molar-refractivity contribution in [3.8, 4) is 22.6 Å². The maximum Gasteiger partial charge on any atom is 0.239 e. The first-order chi connectivity index (χ1) is 16.1. The van der Waals surface area contributed by atoms with Crippen LogP contribution in [0.3, 0.4) is 0 Å². The molecular weight excluding hydrogens is 410 g/mol. The second kappa shape index (κ2) is 8.47. The Morgan fingerprint density at radius 1 is 0.879 bits per heavy atom. The number of amides is 1. The van der Waals surface area contributed by atoms with Gasteiger partial charge < -0.3 is 14.7 Å². The normalized spacial score (nSPS) is 14.9. The van der Waals surface area contributed by atoms with Gasteiger partial charge in [-0.05, 0) is 46.9 Å². The number of carbonyl (C=O) groups is 1. The van der Waals surface area contributed by atoms with Crippen molar-refractivity contribution in [2.45, 2.75) is 19.4 Å². The number of aromatic hydroxyl groups is 1. The molecule has 0 aromatic heterocycles. The summed E-state index contributed by atoms with van der Waals surface area (Å²) in [6.45, 7) is 2.37. The molecule has 1 heterocycles. The van der Waals surface area contributed by atoms with Gasteiger partial charge in [-0.3, -0.25) is 4.79 Å². The number of benzene rings is 4. The summed E-state index contributed by atoms with van der Waals surface area (Å²) < 4.78 is 5.34. The predicted molar refractivity (Wildman–Crippen MR) is 131 cm³/mol. The van der Waals surface area contributed by atoms with E-state index in [2.05, 4.69) is 24.3 Å². The molecule has 0 saturated carbocycles. The van der Waals surface area contributed by atoms with Gasteiger partial charge in [0.25, 0.3) is 0 Å². The van der Waals surface area contributed by atoms with Crippen molar-refractivity contribution in [2.75, 3.05) is 12.0 Å². The number of phenols is 1. The number of hydrogen-bond donors (Lipinski definition) is 1. The molecule has 0 spiro atoms. The standard InChI is InChI=1S/C29H25NO3/c1-19-16-24(26(31)17-27(19)33-2)28-23-14-8-9-15-25(23)30(29(28)32)18-21-12-6-7-13-22(21)20-10-4-3-5-11-20/h3-17,28,31H,18H2,1-2H3. The number of para-hydroxylation sites is 1. The maximum atomic E-state index is 13.8. The van der Waals surface area contributed by atoms with Crippen molar-refractivity contribution in [3.63, 3.8) is 0 Å². The van der Waals surface area contributed by atoms with E-state index in [0.29, 0.717) is 17.9 Å². The van der Waals surface area contributed by atoms with Gasteiger partial charge in [-0.2, -0.15) is 0 Å². The fraction of sp³-hybridized carbons (Fsp3) is 0.138. The smallest absolute Gasteiger partial charge is 0.239 e. The van der Waals surface area contributed by atoms with Crippen molar-refractivity contribution in [3.05, 3.63) is 113 Å². The molecule has 0 bridgehead atoms. The number of anilines is 1. The second-order valence-electron chi connectivity index (χ2n) is 8.32. The van der Waals surface area contributed by atoms with Crippen molar-refractivity contribution < 1.29 is 14.6 Å². The van der Waals surface area contributed by atoms with E-state index in [-0.39, 0.29) is 11.7 Å². The number of nitrogens with zero attached hydrogens (tertiary/aromatic N) is 1. The van der Waals surface area contributed by atoms with Gasteiger partial charge in [0, 0.05) is 17.3 Å². The molecule has 1 aliphatic heterocycles. The minimum absolute atomic E-state index is 0.0427. The minimum atomic E-state index is -0.560. The number of aryl methyl sites for hydroxylation is 1. The van der Waals surface area contributed by atoms with Gasteiger partial charge in [0.05, 0.1) is 19.6 Å². The Balaban J connectivity index is 1.57. The maximum absolute atomic E-state index is 13.8. The number of methoxy groups -OCH3 is 1. The molecule has 1 N–H and O–H groups in total. The summed E-state index contributed by atoms with van der Waals surface area (Å²) in [6.07, 6.45) is 0. The lowest BCUT2D eigenvalue weighted by Crippen LogP contribution is -2.29. The van der Waals surface area contributed by atoms with Gasteiger partial charge >= 0.3 is 0 Å². The summed E-state index contributed by atoms with van der Waals surface area (Å²) in [4.78, 5) is 15.7. The third-order valence-corrected chi connectivity index (χ3v) is 6.34. The van der Waals surface area contributed by atoms with Crippen LogP contribution in [0.4, 0.5) is 5.69 Å². The molecule has 1 aliphatic rings. The molecule has 1 atom stereocenters. The number of rotatable bonds is 5. The number of hydrogen-bond acceptors (Lipinski definition) is 3. The van der Waals surface area contributed by atoms with E-state index in [1.165, 1.54) is 0 Å². The highest BCUT2D eigenvalue weighted by molar-refractivity contribution is 6.07. The largest absolute Gasteiger partial charge is 0.507 e. The third-order valence-electron chi connectivity index (χ3n) is 6.34. The number of ether oxygens (including phenoxy) is 1. The molecule has 0 fully saturated rings. The van der Waals surface area contributed by atoms with Crippen LogP contribution in [0.2, 0.25) is 0 Å². The van der Waals surface area contributed by atoms with Crippen LogP contribution in [-0.2, 0) is 11.3 Å². The first-order valence-corrected chi connectivity index (χ1v) is 11.0. The fourth-order valence-electron chi connectivity index (χ4n) is 4.73. The van der Waals surface area contributed by atoms with Crippen molar-refractivity contribution in [1.29, 1.82) is 0 Å². The van der Waals surface area contributed by atoms with Crippen LogP contribution in [-0.4, -0.2) is 18.1 Å². The summed E-state index contributed by atoms with van der Waals surface area (Å²) in [7, 11) is 1.57. The average Bonchev–Trinajstić information content (AvgIpc) is 3.12. The third kappa shape index (κ3) is 3.64. The Labute approximate surface area is 193 Å². The van der Waals surface area contributed by atoms with Crippen LogP contribution < -0.4 is 9.64 Å². The summed E-state index contributed by atoms with van der Waals surface area (Å²) in [5.41, 5.74) is 6.56. The Hall–Kier alpha value is -4.05. The van der Waals surface area contributed by atoms with Gasteiger partial charge in [0.1, 0.15) is 11.5 Å². The van der Waals surface area contributed by atoms with E-state index in [4.69, 9.17) is 4.74 Å². The molecule has 4 aromatic rings. The number of fused-ring (bicyclic) bond motifs is 1. The van der Waals surface area contributed by atoms with E-state index in [1.54, 1.807) is 13.2 Å². The highest BCUT2D eigenvalue weighted by Crippen LogP contribution is 2.46. The number of phenolic OH excluding ortho intramolecular Hbond substituents is 1. The molecule has 4 heteroatoms. The van der Waals surface area contributed by atoms with Gasteiger partial charge in [-0.15, -0.1) is 0 Å². The van der Waals surface area contributed by atoms with Gasteiger partial charge in [0.15, 0.2) is 0 Å². The van der Waals surface area contributed by atoms with Crippen molar-refractivity contribution >= 4 is 11.6 Å². The van der Waals surface area contributed by atoms with Crippen LogP contribution >= 0.6 is 0 Å². The number of carbonyl (C=O) groups excluding carboxylic acids is 1. The first-order valence-electron chi connectivity index (χ1n) is 11.0. The van der Waals surface area contributed by atoms with E-state index in [1.807, 2.05) is 72.5 Å². The lowest BCUT2D eigenvalue weighted by molar-refractivity contribution is -0.118. The average molecular weight is 436 g/mol. The molecule has 1 unspecified atom stereocenters. The zero-order chi connectivity index (χ0) is 22.9. The zero-order valence-corrected chi connectivity index (χ0v) is 18.7. The van der Waals surface area contributed by atoms with E-state index in [0.717, 1.165) is 33.5 Å². The minimum Gasteiger partial charge on any atom is -0.507 e. The molecule has 0 radical (unpaired) electrons. The topological polar surface area (TPSA) is 49.8 Å². The van der Waals surface area contributed by atoms with Crippen molar-refractivity contribution in [2.24, 2.45) is 0 Å². The van der Waals surface area contributed by atoms with Crippen LogP contribution in [0.1, 0.15) is 28.2 Å². The lowest BCUT2D eigenvalue weighted by Gasteiger charge is -2.21. The molecule has 1 amide bonds. The summed E-state index contributed by atoms with van der Waals surface area (Å²) >= 11 is 0. The zero-order valence-electron chi connectivity index (χ0n) is 18.7. The Morgan fingerprint density at radius 3 is 2.36 bits per heavy atom. The molecular formula is C29H25NO3. The van der Waals surface area contributed by atoms with Crippen molar-refractivity contribution in [1.82, 2.24) is 0 Å². The lowest BCUT2D eigenvalue weighted by atomic mass is 9.90. The van der Waals surface area contributed by atoms with E-state index < -0.39 is 5.92 Å². The van der Waals surface area contributed by atoms with Crippen LogP contribution in [0.5, 0.6) is 11.5 Å². The second-order valence-corrected chi connectivity index (χ2v) is 8.32. The van der Waals surface area contributed by atoms with E-state index in [9.17, 15) is 9.90 Å². The van der Waals surface area contributed by atoms with Gasteiger partial charge in [0.2, 0.25) is 5.91 Å². The predicted octanol–water partition coefficient (Wildman–Crippen LogP) is 6.05. The van der Waals surface area contributed by atoms with Crippen LogP contribution in [0.25, 0.3) is 11.1 Å². The summed E-state index contributed by atoms with van der Waals surface area (Å²) in [6, 6.07) is 29.7. The summed E-state index contributed by atoms with van der Waals surface area (Å²) in [5.74, 6) is 0.0642. The van der Waals surface area contributed by atoms with Crippen LogP contribution in [0.15, 0.2) is 91.0 Å². The van der Waals surface area contributed by atoms with Crippen LogP contribution in [0, 0.1) is 6.92 Å². The molecule has 33 heavy (non-hydrogen) atoms. The Bertz CT molecular complexity index is 1330. The molecule has 5 rings (SSSR count). The molecule has 164 valence electrons. The quantitative estimate of drug-likeness (QED) is 0.415. The Morgan fingerprint density at radius 2 is 1.58 bits per heavy atom. The fourth-order valence-corrected chi connectivity index (χ4v) is 4.73. The Kier molecular flexibility index (Phi) is 5.35. The molecule has 0 saturated heterocycles. The van der Waals surface area contributed by atoms with E-state index >= 15 is 0 Å².